The predicted molar refractivity (Wildman–Crippen MR) is 63.5 cm³/mol. The molecule has 2 N–H and O–H groups in total. The van der Waals surface area contributed by atoms with Gasteiger partial charge in [0.25, 0.3) is 11.8 Å². The molecule has 9 heteroatoms. The standard InChI is InChI=1S/C7H9Cl4N3O2/c8-13(9)6(15)3-5(1-2-12)4-7(16)14(10)11/h1H,2-4,12H2. The molecular formula is C7H9Cl4N3O2. The van der Waals surface area contributed by atoms with Crippen LogP contribution in [0.3, 0.4) is 0 Å². The van der Waals surface area contributed by atoms with Crippen molar-refractivity contribution in [1.82, 2.24) is 7.88 Å². The summed E-state index contributed by atoms with van der Waals surface area (Å²) >= 11 is 20.9. The molecule has 0 radical (unpaired) electrons. The molecule has 0 aromatic rings. The van der Waals surface area contributed by atoms with E-state index < -0.39 is 11.8 Å². The van der Waals surface area contributed by atoms with Crippen molar-refractivity contribution in [2.75, 3.05) is 6.54 Å². The van der Waals surface area contributed by atoms with Crippen molar-refractivity contribution in [3.05, 3.63) is 11.6 Å². The van der Waals surface area contributed by atoms with Crippen LogP contribution >= 0.6 is 47.1 Å². The molecule has 0 aliphatic heterocycles. The van der Waals surface area contributed by atoms with Gasteiger partial charge in [-0.1, -0.05) is 11.6 Å². The summed E-state index contributed by atoms with van der Waals surface area (Å²) < 4.78 is 0.766. The van der Waals surface area contributed by atoms with Gasteiger partial charge in [-0.15, -0.1) is 0 Å². The molecule has 0 heterocycles. The van der Waals surface area contributed by atoms with Crippen molar-refractivity contribution in [2.45, 2.75) is 12.8 Å². The van der Waals surface area contributed by atoms with Gasteiger partial charge in [-0.25, -0.2) is 0 Å². The van der Waals surface area contributed by atoms with Gasteiger partial charge in [0.05, 0.1) is 12.8 Å². The smallest absolute Gasteiger partial charge is 0.256 e. The first-order valence-corrected chi connectivity index (χ1v) is 5.40. The molecule has 0 aromatic carbocycles. The van der Waals surface area contributed by atoms with Crippen LogP contribution in [0.5, 0.6) is 0 Å². The third-order valence-electron chi connectivity index (χ3n) is 1.54. The molecule has 0 saturated heterocycles. The highest BCUT2D eigenvalue weighted by Crippen LogP contribution is 2.15. The van der Waals surface area contributed by atoms with Gasteiger partial charge in [0, 0.05) is 53.7 Å². The van der Waals surface area contributed by atoms with Gasteiger partial charge >= 0.3 is 0 Å². The SMILES string of the molecule is NCC=C(CC(=O)N(Cl)Cl)CC(=O)N(Cl)Cl. The van der Waals surface area contributed by atoms with Crippen molar-refractivity contribution < 1.29 is 9.59 Å². The predicted octanol–water partition coefficient (Wildman–Crippen LogP) is 1.92. The van der Waals surface area contributed by atoms with Gasteiger partial charge in [0.2, 0.25) is 0 Å². The summed E-state index contributed by atoms with van der Waals surface area (Å²) in [6, 6.07) is 0. The van der Waals surface area contributed by atoms with Crippen LogP contribution in [0.1, 0.15) is 12.8 Å². The molecule has 0 bridgehead atoms. The first kappa shape index (κ1) is 15.8. The van der Waals surface area contributed by atoms with Crippen molar-refractivity contribution in [3.63, 3.8) is 0 Å². The van der Waals surface area contributed by atoms with Crippen molar-refractivity contribution in [3.8, 4) is 0 Å². The van der Waals surface area contributed by atoms with Gasteiger partial charge in [0.1, 0.15) is 0 Å². The lowest BCUT2D eigenvalue weighted by Gasteiger charge is -2.09. The number of carbonyl (C=O) groups excluding carboxylic acids is 2. The Labute approximate surface area is 113 Å². The first-order chi connectivity index (χ1) is 7.38. The summed E-state index contributed by atoms with van der Waals surface area (Å²) in [4.78, 5) is 22.3. The number of nitrogens with zero attached hydrogens (tertiary/aromatic N) is 2. The molecule has 16 heavy (non-hydrogen) atoms. The summed E-state index contributed by atoms with van der Waals surface area (Å²) in [6.45, 7) is 0.172. The van der Waals surface area contributed by atoms with E-state index in [0.717, 1.165) is 0 Å². The monoisotopic (exact) mass is 307 g/mol. The minimum absolute atomic E-state index is 0.127. The molecular weight excluding hydrogens is 300 g/mol. The minimum atomic E-state index is -0.577. The summed E-state index contributed by atoms with van der Waals surface area (Å²) in [7, 11) is 0. The molecule has 5 nitrogen and oxygen atoms in total. The number of amides is 2. The van der Waals surface area contributed by atoms with Crippen molar-refractivity contribution in [2.24, 2.45) is 5.73 Å². The Morgan fingerprint density at radius 2 is 1.38 bits per heavy atom. The molecule has 0 rings (SSSR count). The maximum atomic E-state index is 11.2. The Hall–Kier alpha value is -0.200. The summed E-state index contributed by atoms with van der Waals surface area (Å²) in [6.07, 6.45) is 1.25. The van der Waals surface area contributed by atoms with Crippen LogP contribution in [0, 0.1) is 0 Å². The Kier molecular flexibility index (Phi) is 7.87. The van der Waals surface area contributed by atoms with Gasteiger partial charge in [0.15, 0.2) is 0 Å². The van der Waals surface area contributed by atoms with Crippen LogP contribution in [-0.2, 0) is 9.59 Å². The second-order valence-electron chi connectivity index (χ2n) is 2.70. The molecule has 0 aromatic heterocycles. The number of hydrogen-bond donors (Lipinski definition) is 1. The van der Waals surface area contributed by atoms with E-state index in [0.29, 0.717) is 13.4 Å². The maximum Gasteiger partial charge on any atom is 0.256 e. The highest BCUT2D eigenvalue weighted by atomic mass is 35.5. The van der Waals surface area contributed by atoms with Crippen molar-refractivity contribution in [1.29, 1.82) is 0 Å². The molecule has 0 spiro atoms. The lowest BCUT2D eigenvalue weighted by molar-refractivity contribution is -0.123. The molecule has 0 aliphatic carbocycles. The quantitative estimate of drug-likeness (QED) is 0.623. The van der Waals surface area contributed by atoms with Crippen LogP contribution in [-0.4, -0.2) is 26.2 Å². The first-order valence-electron chi connectivity index (χ1n) is 4.05. The van der Waals surface area contributed by atoms with E-state index in [1.54, 1.807) is 0 Å². The third-order valence-corrected chi connectivity index (χ3v) is 2.29. The maximum absolute atomic E-state index is 11.2. The summed E-state index contributed by atoms with van der Waals surface area (Å²) in [5.74, 6) is -1.15. The summed E-state index contributed by atoms with van der Waals surface area (Å²) in [5.41, 5.74) is 5.71. The zero-order valence-electron chi connectivity index (χ0n) is 8.00. The fourth-order valence-electron chi connectivity index (χ4n) is 0.882. The van der Waals surface area contributed by atoms with E-state index in [1.807, 2.05) is 0 Å². The van der Waals surface area contributed by atoms with E-state index in [-0.39, 0.29) is 19.4 Å². The molecule has 0 aliphatic rings. The van der Waals surface area contributed by atoms with Gasteiger partial charge in [-0.3, -0.25) is 9.59 Å². The van der Waals surface area contributed by atoms with Gasteiger partial charge in [-0.05, 0) is 0 Å². The Bertz CT molecular complexity index is 269. The summed E-state index contributed by atoms with van der Waals surface area (Å²) in [5, 5.41) is 0. The number of hydrogen-bond acceptors (Lipinski definition) is 3. The number of nitrogens with two attached hydrogens (primary N) is 1. The lowest BCUT2D eigenvalue weighted by Crippen LogP contribution is -2.17. The fourth-order valence-corrected chi connectivity index (χ4v) is 1.12. The van der Waals surface area contributed by atoms with E-state index in [2.05, 4.69) is 0 Å². The fraction of sp³-hybridized carbons (Fsp3) is 0.429. The van der Waals surface area contributed by atoms with Gasteiger partial charge < -0.3 is 5.73 Å². The Morgan fingerprint density at radius 1 is 1.00 bits per heavy atom. The van der Waals surface area contributed by atoms with Crippen molar-refractivity contribution >= 4 is 58.9 Å². The van der Waals surface area contributed by atoms with E-state index in [9.17, 15) is 9.59 Å². The molecule has 0 saturated carbocycles. The number of halogens is 4. The minimum Gasteiger partial charge on any atom is -0.327 e. The zero-order chi connectivity index (χ0) is 12.7. The average molecular weight is 309 g/mol. The zero-order valence-corrected chi connectivity index (χ0v) is 11.0. The van der Waals surface area contributed by atoms with E-state index in [4.69, 9.17) is 52.8 Å². The van der Waals surface area contributed by atoms with Crippen LogP contribution in [0.15, 0.2) is 11.6 Å². The third kappa shape index (κ3) is 6.40. The van der Waals surface area contributed by atoms with Crippen LogP contribution in [0.4, 0.5) is 0 Å². The van der Waals surface area contributed by atoms with Crippen LogP contribution in [0.2, 0.25) is 0 Å². The molecule has 0 fully saturated rings. The number of carbonyl (C=O) groups is 2. The highest BCUT2D eigenvalue weighted by molar-refractivity contribution is 6.42. The molecule has 0 unspecified atom stereocenters. The molecule has 2 amide bonds. The van der Waals surface area contributed by atoms with Crippen LogP contribution < -0.4 is 5.73 Å². The number of rotatable bonds is 5. The Balaban J connectivity index is 4.47. The topological polar surface area (TPSA) is 66.6 Å². The largest absolute Gasteiger partial charge is 0.327 e. The lowest BCUT2D eigenvalue weighted by atomic mass is 10.1. The second kappa shape index (κ2) is 7.97. The molecule has 0 atom stereocenters. The van der Waals surface area contributed by atoms with Gasteiger partial charge in [-0.2, -0.15) is 7.88 Å². The van der Waals surface area contributed by atoms with E-state index in [1.165, 1.54) is 6.08 Å². The Morgan fingerprint density at radius 3 is 1.62 bits per heavy atom. The molecule has 92 valence electrons. The highest BCUT2D eigenvalue weighted by Gasteiger charge is 2.16. The van der Waals surface area contributed by atoms with E-state index >= 15 is 0 Å². The average Bonchev–Trinajstić information content (AvgIpc) is 2.17. The normalized spacial score (nSPS) is 9.56. The van der Waals surface area contributed by atoms with Crippen LogP contribution in [0.25, 0.3) is 0 Å². The second-order valence-corrected chi connectivity index (χ2v) is 4.40.